The summed E-state index contributed by atoms with van der Waals surface area (Å²) in [7, 11) is 0. The summed E-state index contributed by atoms with van der Waals surface area (Å²) in [5.41, 5.74) is 1.91. The van der Waals surface area contributed by atoms with E-state index in [0.717, 1.165) is 42.7 Å². The molecule has 5 heteroatoms. The molecule has 0 unspecified atom stereocenters. The number of esters is 1. The number of anilines is 1. The Labute approximate surface area is 148 Å². The molecule has 1 aromatic carbocycles. The molecule has 1 saturated heterocycles. The second-order valence-corrected chi connectivity index (χ2v) is 7.54. The van der Waals surface area contributed by atoms with Crippen molar-refractivity contribution in [2.45, 2.75) is 45.8 Å². The van der Waals surface area contributed by atoms with Gasteiger partial charge in [-0.15, -0.1) is 0 Å². The Morgan fingerprint density at radius 1 is 1.32 bits per heavy atom. The summed E-state index contributed by atoms with van der Waals surface area (Å²) in [6, 6.07) is 7.80. The quantitative estimate of drug-likeness (QED) is 0.777. The lowest BCUT2D eigenvalue weighted by atomic mass is 10.1. The lowest BCUT2D eigenvalue weighted by Gasteiger charge is -2.25. The number of carbonyl (C=O) groups is 1. The minimum absolute atomic E-state index is 0.192. The van der Waals surface area contributed by atoms with Crippen LogP contribution in [0.3, 0.4) is 0 Å². The Kier molecular flexibility index (Phi) is 4.95. The Morgan fingerprint density at radius 2 is 2.12 bits per heavy atom. The lowest BCUT2D eigenvalue weighted by Crippen LogP contribution is -2.30. The molecule has 1 aliphatic rings. The molecule has 25 heavy (non-hydrogen) atoms. The predicted molar refractivity (Wildman–Crippen MR) is 99.2 cm³/mol. The summed E-state index contributed by atoms with van der Waals surface area (Å²) in [6.07, 6.45) is 2.84. The number of pyridine rings is 1. The number of aromatic nitrogens is 1. The highest BCUT2D eigenvalue weighted by Crippen LogP contribution is 2.26. The van der Waals surface area contributed by atoms with Crippen LogP contribution in [-0.2, 0) is 9.47 Å². The second kappa shape index (κ2) is 7.00. The van der Waals surface area contributed by atoms with Gasteiger partial charge in [-0.2, -0.15) is 0 Å². The van der Waals surface area contributed by atoms with Crippen LogP contribution in [0.1, 0.15) is 44.5 Å². The van der Waals surface area contributed by atoms with Gasteiger partial charge in [0.15, 0.2) is 0 Å². The summed E-state index contributed by atoms with van der Waals surface area (Å²) in [6.45, 7) is 10.3. The van der Waals surface area contributed by atoms with Gasteiger partial charge in [0.1, 0.15) is 5.60 Å². The van der Waals surface area contributed by atoms with Crippen molar-refractivity contribution in [3.63, 3.8) is 0 Å². The molecule has 2 heterocycles. The summed E-state index contributed by atoms with van der Waals surface area (Å²) < 4.78 is 11.3. The van der Waals surface area contributed by atoms with Crippen LogP contribution >= 0.6 is 0 Å². The van der Waals surface area contributed by atoms with Gasteiger partial charge in [-0.1, -0.05) is 0 Å². The summed E-state index contributed by atoms with van der Waals surface area (Å²) in [5, 5.41) is 0.826. The van der Waals surface area contributed by atoms with E-state index in [2.05, 4.69) is 22.9 Å². The molecule has 0 spiro atoms. The van der Waals surface area contributed by atoms with Crippen LogP contribution in [0.15, 0.2) is 30.5 Å². The molecule has 1 fully saturated rings. The van der Waals surface area contributed by atoms with E-state index in [4.69, 9.17) is 9.47 Å². The van der Waals surface area contributed by atoms with E-state index < -0.39 is 5.60 Å². The largest absolute Gasteiger partial charge is 0.456 e. The third kappa shape index (κ3) is 4.28. The zero-order valence-corrected chi connectivity index (χ0v) is 15.4. The minimum Gasteiger partial charge on any atom is -0.456 e. The Hall–Kier alpha value is -2.14. The summed E-state index contributed by atoms with van der Waals surface area (Å²) in [4.78, 5) is 19.3. The zero-order chi connectivity index (χ0) is 18.0. The Bertz CT molecular complexity index is 767. The highest BCUT2D eigenvalue weighted by atomic mass is 16.6. The average molecular weight is 342 g/mol. The topological polar surface area (TPSA) is 51.7 Å². The molecular weight excluding hydrogens is 316 g/mol. The third-order valence-corrected chi connectivity index (χ3v) is 4.16. The van der Waals surface area contributed by atoms with E-state index in [9.17, 15) is 4.79 Å². The number of benzene rings is 1. The molecule has 1 atom stereocenters. The molecule has 1 aromatic heterocycles. The van der Waals surface area contributed by atoms with Crippen molar-refractivity contribution in [2.24, 2.45) is 0 Å². The third-order valence-electron chi connectivity index (χ3n) is 4.16. The molecule has 0 saturated carbocycles. The van der Waals surface area contributed by atoms with E-state index in [0.29, 0.717) is 5.56 Å². The lowest BCUT2D eigenvalue weighted by molar-refractivity contribution is 0.00717. The smallest absolute Gasteiger partial charge is 0.339 e. The number of nitrogens with zero attached hydrogens (tertiary/aromatic N) is 2. The maximum atomic E-state index is 12.6. The highest BCUT2D eigenvalue weighted by molar-refractivity contribution is 6.04. The standard InChI is InChI=1S/C20H26N2O3/c1-14-13-22(10-5-11-24-14)15-6-7-18-17(12-15)16(8-9-21-18)19(23)25-20(2,3)4/h6-9,12,14H,5,10-11,13H2,1-4H3/t14-/m1/s1. The van der Waals surface area contributed by atoms with Crippen LogP contribution in [0.2, 0.25) is 0 Å². The molecule has 1 aliphatic heterocycles. The normalized spacial score (nSPS) is 18.9. The first kappa shape index (κ1) is 17.7. The molecule has 0 amide bonds. The van der Waals surface area contributed by atoms with Crippen LogP contribution in [0, 0.1) is 0 Å². The zero-order valence-electron chi connectivity index (χ0n) is 15.4. The van der Waals surface area contributed by atoms with Crippen LogP contribution in [0.4, 0.5) is 5.69 Å². The SMILES string of the molecule is C[C@@H]1CN(c2ccc3nccc(C(=O)OC(C)(C)C)c3c2)CCCO1. The van der Waals surface area contributed by atoms with Gasteiger partial charge in [-0.05, 0) is 58.4 Å². The molecule has 0 aliphatic carbocycles. The number of fused-ring (bicyclic) bond motifs is 1. The van der Waals surface area contributed by atoms with E-state index in [-0.39, 0.29) is 12.1 Å². The predicted octanol–water partition coefficient (Wildman–Crippen LogP) is 3.81. The first-order chi connectivity index (χ1) is 11.8. The van der Waals surface area contributed by atoms with Gasteiger partial charge in [-0.3, -0.25) is 4.98 Å². The van der Waals surface area contributed by atoms with Crippen molar-refractivity contribution in [3.05, 3.63) is 36.0 Å². The van der Waals surface area contributed by atoms with Gasteiger partial charge in [-0.25, -0.2) is 4.79 Å². The number of ether oxygens (including phenoxy) is 2. The number of hydrogen-bond donors (Lipinski definition) is 0. The van der Waals surface area contributed by atoms with Crippen LogP contribution in [0.5, 0.6) is 0 Å². The van der Waals surface area contributed by atoms with Crippen LogP contribution in [0.25, 0.3) is 10.9 Å². The molecule has 0 radical (unpaired) electrons. The van der Waals surface area contributed by atoms with Gasteiger partial charge >= 0.3 is 5.97 Å². The molecule has 134 valence electrons. The maximum absolute atomic E-state index is 12.6. The molecule has 0 N–H and O–H groups in total. The first-order valence-electron chi connectivity index (χ1n) is 8.82. The minimum atomic E-state index is -0.526. The van der Waals surface area contributed by atoms with Gasteiger partial charge < -0.3 is 14.4 Å². The van der Waals surface area contributed by atoms with E-state index in [1.54, 1.807) is 12.3 Å². The van der Waals surface area contributed by atoms with Crippen molar-refractivity contribution in [3.8, 4) is 0 Å². The molecule has 2 aromatic rings. The fraction of sp³-hybridized carbons (Fsp3) is 0.500. The highest BCUT2D eigenvalue weighted by Gasteiger charge is 2.21. The van der Waals surface area contributed by atoms with Crippen molar-refractivity contribution in [1.82, 2.24) is 4.98 Å². The van der Waals surface area contributed by atoms with Crippen molar-refractivity contribution < 1.29 is 14.3 Å². The average Bonchev–Trinajstić information content (AvgIpc) is 2.76. The van der Waals surface area contributed by atoms with Gasteiger partial charge in [0.2, 0.25) is 0 Å². The van der Waals surface area contributed by atoms with E-state index >= 15 is 0 Å². The van der Waals surface area contributed by atoms with Gasteiger partial charge in [0.25, 0.3) is 0 Å². The Morgan fingerprint density at radius 3 is 2.88 bits per heavy atom. The van der Waals surface area contributed by atoms with Gasteiger partial charge in [0.05, 0.1) is 17.2 Å². The van der Waals surface area contributed by atoms with E-state index in [1.807, 2.05) is 32.9 Å². The van der Waals surface area contributed by atoms with Crippen molar-refractivity contribution >= 4 is 22.6 Å². The Balaban J connectivity index is 1.98. The number of carbonyl (C=O) groups excluding carboxylic acids is 1. The van der Waals surface area contributed by atoms with Crippen molar-refractivity contribution in [2.75, 3.05) is 24.6 Å². The fourth-order valence-electron chi connectivity index (χ4n) is 3.07. The van der Waals surface area contributed by atoms with Crippen LogP contribution < -0.4 is 4.90 Å². The number of rotatable bonds is 2. The molecule has 0 bridgehead atoms. The maximum Gasteiger partial charge on any atom is 0.339 e. The summed E-state index contributed by atoms with van der Waals surface area (Å²) in [5.74, 6) is -0.315. The molecular formula is C20H26N2O3. The monoisotopic (exact) mass is 342 g/mol. The molecule has 5 nitrogen and oxygen atoms in total. The van der Waals surface area contributed by atoms with Crippen molar-refractivity contribution in [1.29, 1.82) is 0 Å². The van der Waals surface area contributed by atoms with Gasteiger partial charge in [0, 0.05) is 37.0 Å². The fourth-order valence-corrected chi connectivity index (χ4v) is 3.07. The second-order valence-electron chi connectivity index (χ2n) is 7.54. The number of hydrogen-bond acceptors (Lipinski definition) is 5. The first-order valence-corrected chi connectivity index (χ1v) is 8.82. The van der Waals surface area contributed by atoms with E-state index in [1.165, 1.54) is 0 Å². The summed E-state index contributed by atoms with van der Waals surface area (Å²) >= 11 is 0. The molecule has 3 rings (SSSR count). The van der Waals surface area contributed by atoms with Crippen LogP contribution in [-0.4, -0.2) is 42.4 Å².